The van der Waals surface area contributed by atoms with E-state index in [4.69, 9.17) is 13.0 Å². The first kappa shape index (κ1) is 9.64. The van der Waals surface area contributed by atoms with E-state index < -0.39 is 5.97 Å². The van der Waals surface area contributed by atoms with E-state index in [1.807, 2.05) is 13.0 Å². The lowest BCUT2D eigenvalue weighted by atomic mass is 9.91. The maximum atomic E-state index is 10.2. The molecule has 0 bridgehead atoms. The Balaban J connectivity index is 2.68. The maximum Gasteiger partial charge on any atom is 0.322 e. The highest BCUT2D eigenvalue weighted by molar-refractivity contribution is 6.33. The minimum atomic E-state index is -0.880. The second-order valence-corrected chi connectivity index (χ2v) is 2.82. The highest BCUT2D eigenvalue weighted by Crippen LogP contribution is 2.06. The summed E-state index contributed by atoms with van der Waals surface area (Å²) in [6.45, 7) is 1.80. The molecule has 4 heteroatoms. The summed E-state index contributed by atoms with van der Waals surface area (Å²) >= 11 is 0. The summed E-state index contributed by atoms with van der Waals surface area (Å²) in [6, 6.07) is 5.32. The van der Waals surface area contributed by atoms with Crippen LogP contribution in [0, 0.1) is 6.92 Å². The molecule has 0 aliphatic rings. The molecule has 13 heavy (non-hydrogen) atoms. The molecule has 3 nitrogen and oxygen atoms in total. The lowest BCUT2D eigenvalue weighted by Gasteiger charge is -2.06. The van der Waals surface area contributed by atoms with Gasteiger partial charge in [-0.05, 0) is 19.1 Å². The molecule has 0 fully saturated rings. The number of hydrogen-bond acceptors (Lipinski definition) is 2. The number of carboxylic acids is 1. The first-order chi connectivity index (χ1) is 6.09. The summed E-state index contributed by atoms with van der Waals surface area (Å²) < 4.78 is 0. The van der Waals surface area contributed by atoms with E-state index >= 15 is 0 Å². The molecule has 0 unspecified atom stereocenters. The molecule has 1 aromatic carbocycles. The van der Waals surface area contributed by atoms with Crippen LogP contribution in [0.5, 0.6) is 0 Å². The number of carbonyl (C=O) groups is 1. The van der Waals surface area contributed by atoms with E-state index in [2.05, 4.69) is 5.32 Å². The fourth-order valence-electron chi connectivity index (χ4n) is 0.963. The molecular weight excluding hydrogens is 165 g/mol. The number of benzene rings is 1. The molecule has 0 amide bonds. The van der Waals surface area contributed by atoms with Gasteiger partial charge in [0.15, 0.2) is 0 Å². The molecule has 0 aliphatic heterocycles. The quantitative estimate of drug-likeness (QED) is 0.649. The summed E-state index contributed by atoms with van der Waals surface area (Å²) in [5, 5.41) is 11.2. The predicted molar refractivity (Wildman–Crippen MR) is 52.7 cm³/mol. The lowest BCUT2D eigenvalue weighted by Crippen LogP contribution is -2.14. The van der Waals surface area contributed by atoms with Crippen LogP contribution < -0.4 is 10.8 Å². The van der Waals surface area contributed by atoms with Gasteiger partial charge in [0.2, 0.25) is 0 Å². The first-order valence-corrected chi connectivity index (χ1v) is 3.91. The van der Waals surface area contributed by atoms with Gasteiger partial charge in [-0.3, -0.25) is 4.79 Å². The predicted octanol–water partition coefficient (Wildman–Crippen LogP) is 0.285. The second-order valence-electron chi connectivity index (χ2n) is 2.82. The Labute approximate surface area is 78.2 Å². The average Bonchev–Trinajstić information content (AvgIpc) is 2.07. The van der Waals surface area contributed by atoms with E-state index in [1.54, 1.807) is 12.1 Å². The van der Waals surface area contributed by atoms with Crippen molar-refractivity contribution in [2.75, 3.05) is 11.9 Å². The lowest BCUT2D eigenvalue weighted by molar-refractivity contribution is -0.134. The summed E-state index contributed by atoms with van der Waals surface area (Å²) in [7, 11) is 5.60. The number of aryl methyl sites for hydroxylation is 1. The van der Waals surface area contributed by atoms with Gasteiger partial charge in [-0.1, -0.05) is 17.1 Å². The Bertz CT molecular complexity index is 325. The molecule has 0 spiro atoms. The SMILES string of the molecule is [B]c1ccc(NCC(=O)O)cc1C. The number of anilines is 1. The van der Waals surface area contributed by atoms with E-state index in [-0.39, 0.29) is 6.54 Å². The third-order valence-corrected chi connectivity index (χ3v) is 1.71. The Morgan fingerprint density at radius 1 is 1.62 bits per heavy atom. The smallest absolute Gasteiger partial charge is 0.322 e. The molecule has 0 atom stereocenters. The Hall–Kier alpha value is -1.45. The molecule has 66 valence electrons. The van der Waals surface area contributed by atoms with Gasteiger partial charge in [0, 0.05) is 5.69 Å². The van der Waals surface area contributed by atoms with Gasteiger partial charge in [-0.15, -0.1) is 0 Å². The van der Waals surface area contributed by atoms with Crippen LogP contribution in [0.1, 0.15) is 5.56 Å². The van der Waals surface area contributed by atoms with Gasteiger partial charge in [0.05, 0.1) is 0 Å². The fourth-order valence-corrected chi connectivity index (χ4v) is 0.963. The van der Waals surface area contributed by atoms with Crippen LogP contribution in [0.4, 0.5) is 5.69 Å². The van der Waals surface area contributed by atoms with Crippen LogP contribution in [0.25, 0.3) is 0 Å². The zero-order chi connectivity index (χ0) is 9.84. The Morgan fingerprint density at radius 2 is 2.31 bits per heavy atom. The Kier molecular flexibility index (Phi) is 2.95. The highest BCUT2D eigenvalue weighted by Gasteiger charge is 1.97. The van der Waals surface area contributed by atoms with Crippen molar-refractivity contribution in [3.63, 3.8) is 0 Å². The summed E-state index contributed by atoms with van der Waals surface area (Å²) in [6.07, 6.45) is 0. The third-order valence-electron chi connectivity index (χ3n) is 1.71. The summed E-state index contributed by atoms with van der Waals surface area (Å²) in [5.74, 6) is -0.880. The molecule has 0 saturated carbocycles. The van der Waals surface area contributed by atoms with Gasteiger partial charge in [0.25, 0.3) is 0 Å². The van der Waals surface area contributed by atoms with Crippen molar-refractivity contribution in [2.24, 2.45) is 0 Å². The monoisotopic (exact) mass is 175 g/mol. The van der Waals surface area contributed by atoms with Crippen LogP contribution in [0.15, 0.2) is 18.2 Å². The molecule has 1 rings (SSSR count). The second kappa shape index (κ2) is 3.98. The van der Waals surface area contributed by atoms with Gasteiger partial charge < -0.3 is 10.4 Å². The van der Waals surface area contributed by atoms with Crippen molar-refractivity contribution in [1.29, 1.82) is 0 Å². The van der Waals surface area contributed by atoms with Gasteiger partial charge in [0.1, 0.15) is 14.4 Å². The Morgan fingerprint density at radius 3 is 2.85 bits per heavy atom. The van der Waals surface area contributed by atoms with Crippen LogP contribution in [0.2, 0.25) is 0 Å². The molecule has 2 radical (unpaired) electrons. The van der Waals surface area contributed by atoms with Crippen molar-refractivity contribution in [2.45, 2.75) is 6.92 Å². The summed E-state index contributed by atoms with van der Waals surface area (Å²) in [5.41, 5.74) is 2.42. The van der Waals surface area contributed by atoms with Crippen LogP contribution in [-0.4, -0.2) is 25.5 Å². The number of nitrogens with one attached hydrogen (secondary N) is 1. The van der Waals surface area contributed by atoms with Crippen LogP contribution in [-0.2, 0) is 4.79 Å². The first-order valence-electron chi connectivity index (χ1n) is 3.91. The van der Waals surface area contributed by atoms with E-state index in [0.29, 0.717) is 5.46 Å². The fraction of sp³-hybridized carbons (Fsp3) is 0.222. The number of rotatable bonds is 3. The maximum absolute atomic E-state index is 10.2. The number of carboxylic acid groups (broad SMARTS) is 1. The van der Waals surface area contributed by atoms with Gasteiger partial charge >= 0.3 is 5.97 Å². The van der Waals surface area contributed by atoms with E-state index in [9.17, 15) is 4.79 Å². The normalized spacial score (nSPS) is 9.62. The van der Waals surface area contributed by atoms with E-state index in [1.165, 1.54) is 0 Å². The van der Waals surface area contributed by atoms with Gasteiger partial charge in [-0.2, -0.15) is 0 Å². The van der Waals surface area contributed by atoms with Gasteiger partial charge in [-0.25, -0.2) is 0 Å². The van der Waals surface area contributed by atoms with Crippen molar-refractivity contribution in [3.8, 4) is 0 Å². The molecule has 1 aromatic rings. The van der Waals surface area contributed by atoms with Crippen LogP contribution in [0.3, 0.4) is 0 Å². The number of hydrogen-bond donors (Lipinski definition) is 2. The van der Waals surface area contributed by atoms with E-state index in [0.717, 1.165) is 11.3 Å². The zero-order valence-corrected chi connectivity index (χ0v) is 7.37. The highest BCUT2D eigenvalue weighted by atomic mass is 16.4. The minimum absolute atomic E-state index is 0.0800. The van der Waals surface area contributed by atoms with Crippen molar-refractivity contribution < 1.29 is 9.90 Å². The summed E-state index contributed by atoms with van der Waals surface area (Å²) in [4.78, 5) is 10.2. The van der Waals surface area contributed by atoms with Crippen molar-refractivity contribution in [1.82, 2.24) is 0 Å². The third kappa shape index (κ3) is 2.82. The molecule has 0 aromatic heterocycles. The molecule has 2 N–H and O–H groups in total. The molecule has 0 saturated heterocycles. The van der Waals surface area contributed by atoms with Crippen LogP contribution >= 0.6 is 0 Å². The molecule has 0 aliphatic carbocycles. The zero-order valence-electron chi connectivity index (χ0n) is 7.37. The topological polar surface area (TPSA) is 49.3 Å². The van der Waals surface area contributed by atoms with Crippen molar-refractivity contribution in [3.05, 3.63) is 23.8 Å². The number of aliphatic carboxylic acids is 1. The molecular formula is C9H10BNO2. The average molecular weight is 175 g/mol. The largest absolute Gasteiger partial charge is 0.480 e. The molecule has 0 heterocycles. The minimum Gasteiger partial charge on any atom is -0.480 e. The standard InChI is InChI=1S/C9H10BNO2/c1-6-4-7(2-3-8(6)10)11-5-9(12)13/h2-4,11H,5H2,1H3,(H,12,13). The van der Waals surface area contributed by atoms with Crippen molar-refractivity contribution >= 4 is 25.0 Å².